The van der Waals surface area contributed by atoms with Gasteiger partial charge in [-0.2, -0.15) is 0 Å². The van der Waals surface area contributed by atoms with Crippen molar-refractivity contribution in [1.29, 1.82) is 0 Å². The number of allylic oxidation sites excluding steroid dienone is 1. The smallest absolute Gasteiger partial charge is 0.313 e. The fourth-order valence-corrected chi connectivity index (χ4v) is 4.39. The van der Waals surface area contributed by atoms with Crippen molar-refractivity contribution in [2.45, 2.75) is 25.7 Å². The first kappa shape index (κ1) is 18.3. The van der Waals surface area contributed by atoms with E-state index in [1.807, 2.05) is 24.3 Å². The average Bonchev–Trinajstić information content (AvgIpc) is 3.11. The number of benzene rings is 2. The first-order valence-corrected chi connectivity index (χ1v) is 9.45. The summed E-state index contributed by atoms with van der Waals surface area (Å²) in [7, 11) is 0. The zero-order chi connectivity index (χ0) is 19.7. The molecule has 1 aliphatic heterocycles. The third-order valence-electron chi connectivity index (χ3n) is 5.74. The molecule has 1 saturated heterocycles. The highest BCUT2D eigenvalue weighted by atomic mass is 16.5. The van der Waals surface area contributed by atoms with Crippen LogP contribution in [0.5, 0.6) is 5.75 Å². The zero-order valence-corrected chi connectivity index (χ0v) is 15.6. The van der Waals surface area contributed by atoms with Crippen LogP contribution in [-0.2, 0) is 27.2 Å². The topological polar surface area (TPSA) is 75.6 Å². The number of hydrogen-bond acceptors (Lipinski definition) is 4. The molecule has 28 heavy (non-hydrogen) atoms. The minimum atomic E-state index is -0.475. The number of amides is 1. The SMILES string of the molecule is C=C1CC2COC(=O)C2(Cc2ccc(NC(=O)Cc3cccc(O)c3)cc2)C1. The Kier molecular flexibility index (Phi) is 4.67. The first-order chi connectivity index (χ1) is 13.4. The van der Waals surface area contributed by atoms with Crippen molar-refractivity contribution in [3.8, 4) is 5.75 Å². The molecule has 2 aromatic carbocycles. The van der Waals surface area contributed by atoms with E-state index in [-0.39, 0.29) is 30.0 Å². The Morgan fingerprint density at radius 2 is 2.00 bits per heavy atom. The van der Waals surface area contributed by atoms with Gasteiger partial charge in [0, 0.05) is 11.6 Å². The molecular weight excluding hydrogens is 354 g/mol. The van der Waals surface area contributed by atoms with Gasteiger partial charge >= 0.3 is 5.97 Å². The number of fused-ring (bicyclic) bond motifs is 1. The number of ether oxygens (including phenoxy) is 1. The van der Waals surface area contributed by atoms with Crippen LogP contribution < -0.4 is 5.32 Å². The van der Waals surface area contributed by atoms with Crippen molar-refractivity contribution in [1.82, 2.24) is 0 Å². The summed E-state index contributed by atoms with van der Waals surface area (Å²) in [5.41, 5.74) is 3.15. The lowest BCUT2D eigenvalue weighted by Crippen LogP contribution is -2.31. The van der Waals surface area contributed by atoms with Crippen molar-refractivity contribution in [2.75, 3.05) is 11.9 Å². The van der Waals surface area contributed by atoms with Gasteiger partial charge in [0.2, 0.25) is 5.91 Å². The summed E-state index contributed by atoms with van der Waals surface area (Å²) in [5.74, 6) is 0.102. The molecule has 2 aliphatic rings. The molecule has 0 radical (unpaired) electrons. The van der Waals surface area contributed by atoms with Crippen LogP contribution in [0.15, 0.2) is 60.7 Å². The molecule has 144 valence electrons. The molecule has 2 fully saturated rings. The van der Waals surface area contributed by atoms with Crippen LogP contribution >= 0.6 is 0 Å². The second-order valence-electron chi connectivity index (χ2n) is 7.85. The molecule has 0 aromatic heterocycles. The Balaban J connectivity index is 1.41. The number of esters is 1. The minimum absolute atomic E-state index is 0.111. The highest BCUT2D eigenvalue weighted by Gasteiger charge is 2.55. The molecular formula is C23H23NO4. The summed E-state index contributed by atoms with van der Waals surface area (Å²) in [6.07, 6.45) is 2.37. The van der Waals surface area contributed by atoms with Crippen molar-refractivity contribution in [3.63, 3.8) is 0 Å². The molecule has 4 rings (SSSR count). The molecule has 1 saturated carbocycles. The highest BCUT2D eigenvalue weighted by Crippen LogP contribution is 2.52. The predicted octanol–water partition coefficient (Wildman–Crippen LogP) is 3.63. The van der Waals surface area contributed by atoms with Crippen LogP contribution in [0.4, 0.5) is 5.69 Å². The van der Waals surface area contributed by atoms with Gasteiger partial charge in [-0.15, -0.1) is 0 Å². The molecule has 2 unspecified atom stereocenters. The van der Waals surface area contributed by atoms with E-state index in [2.05, 4.69) is 11.9 Å². The quantitative estimate of drug-likeness (QED) is 0.616. The van der Waals surface area contributed by atoms with E-state index in [9.17, 15) is 14.7 Å². The summed E-state index contributed by atoms with van der Waals surface area (Å²) in [6, 6.07) is 14.3. The molecule has 1 heterocycles. The second-order valence-corrected chi connectivity index (χ2v) is 7.85. The maximum atomic E-state index is 12.4. The van der Waals surface area contributed by atoms with Gasteiger partial charge < -0.3 is 15.2 Å². The molecule has 5 heteroatoms. The predicted molar refractivity (Wildman–Crippen MR) is 106 cm³/mol. The third-order valence-corrected chi connectivity index (χ3v) is 5.74. The minimum Gasteiger partial charge on any atom is -0.508 e. The van der Waals surface area contributed by atoms with E-state index in [1.165, 1.54) is 0 Å². The van der Waals surface area contributed by atoms with E-state index < -0.39 is 5.41 Å². The van der Waals surface area contributed by atoms with Crippen LogP contribution in [0.1, 0.15) is 24.0 Å². The van der Waals surface area contributed by atoms with Gasteiger partial charge in [0.15, 0.2) is 0 Å². The third kappa shape index (κ3) is 3.52. The number of carbonyl (C=O) groups excluding carboxylic acids is 2. The van der Waals surface area contributed by atoms with Crippen LogP contribution in [-0.4, -0.2) is 23.6 Å². The normalized spacial score (nSPS) is 23.4. The number of phenolic OH excluding ortho intramolecular Hbond substituents is 1. The number of nitrogens with one attached hydrogen (secondary N) is 1. The molecule has 1 aliphatic carbocycles. The Bertz CT molecular complexity index is 934. The Morgan fingerprint density at radius 3 is 2.75 bits per heavy atom. The summed E-state index contributed by atoms with van der Waals surface area (Å²) < 4.78 is 5.33. The first-order valence-electron chi connectivity index (χ1n) is 9.45. The number of anilines is 1. The average molecular weight is 377 g/mol. The Morgan fingerprint density at radius 1 is 1.21 bits per heavy atom. The lowest BCUT2D eigenvalue weighted by molar-refractivity contribution is -0.146. The number of phenols is 1. The molecule has 2 atom stereocenters. The largest absolute Gasteiger partial charge is 0.508 e. The van der Waals surface area contributed by atoms with E-state index in [0.29, 0.717) is 25.1 Å². The molecule has 2 N–H and O–H groups in total. The highest BCUT2D eigenvalue weighted by molar-refractivity contribution is 5.92. The van der Waals surface area contributed by atoms with Gasteiger partial charge in [0.05, 0.1) is 18.4 Å². The second kappa shape index (κ2) is 7.15. The summed E-state index contributed by atoms with van der Waals surface area (Å²) in [4.78, 5) is 24.6. The number of hydrogen-bond donors (Lipinski definition) is 2. The maximum absolute atomic E-state index is 12.4. The summed E-state index contributed by atoms with van der Waals surface area (Å²) in [6.45, 7) is 4.56. The van der Waals surface area contributed by atoms with E-state index in [1.54, 1.807) is 24.3 Å². The van der Waals surface area contributed by atoms with Crippen molar-refractivity contribution >= 4 is 17.6 Å². The van der Waals surface area contributed by atoms with Crippen LogP contribution in [0.3, 0.4) is 0 Å². The number of rotatable bonds is 5. The molecule has 5 nitrogen and oxygen atoms in total. The fourth-order valence-electron chi connectivity index (χ4n) is 4.39. The zero-order valence-electron chi connectivity index (χ0n) is 15.6. The standard InChI is InChI=1S/C23H23NO4/c1-15-9-18-14-28-22(27)23(18,12-15)13-16-5-7-19(8-6-16)24-21(26)11-17-3-2-4-20(25)10-17/h2-8,10,18,25H,1,9,11-14H2,(H,24,26). The van der Waals surface area contributed by atoms with Crippen molar-refractivity contribution in [3.05, 3.63) is 71.8 Å². The lowest BCUT2D eigenvalue weighted by atomic mass is 9.75. The van der Waals surface area contributed by atoms with Gasteiger partial charge in [-0.05, 0) is 54.7 Å². The van der Waals surface area contributed by atoms with E-state index >= 15 is 0 Å². The monoisotopic (exact) mass is 377 g/mol. The van der Waals surface area contributed by atoms with Crippen LogP contribution in [0.2, 0.25) is 0 Å². The fraction of sp³-hybridized carbons (Fsp3) is 0.304. The maximum Gasteiger partial charge on any atom is 0.313 e. The van der Waals surface area contributed by atoms with E-state index in [0.717, 1.165) is 23.1 Å². The van der Waals surface area contributed by atoms with Gasteiger partial charge in [-0.1, -0.05) is 36.4 Å². The lowest BCUT2D eigenvalue weighted by Gasteiger charge is -2.24. The molecule has 0 bridgehead atoms. The summed E-state index contributed by atoms with van der Waals surface area (Å²) >= 11 is 0. The van der Waals surface area contributed by atoms with Crippen LogP contribution in [0.25, 0.3) is 0 Å². The van der Waals surface area contributed by atoms with Gasteiger partial charge in [-0.25, -0.2) is 0 Å². The van der Waals surface area contributed by atoms with E-state index in [4.69, 9.17) is 4.74 Å². The summed E-state index contributed by atoms with van der Waals surface area (Å²) in [5, 5.41) is 12.4. The molecule has 2 aromatic rings. The Hall–Kier alpha value is -3.08. The van der Waals surface area contributed by atoms with Crippen molar-refractivity contribution in [2.24, 2.45) is 11.3 Å². The number of cyclic esters (lactones) is 1. The van der Waals surface area contributed by atoms with Gasteiger partial charge in [0.1, 0.15) is 5.75 Å². The van der Waals surface area contributed by atoms with Crippen LogP contribution in [0, 0.1) is 11.3 Å². The van der Waals surface area contributed by atoms with Gasteiger partial charge in [-0.3, -0.25) is 9.59 Å². The molecule has 1 amide bonds. The van der Waals surface area contributed by atoms with Crippen molar-refractivity contribution < 1.29 is 19.4 Å². The number of aromatic hydroxyl groups is 1. The Labute approximate surface area is 164 Å². The molecule has 0 spiro atoms. The number of carbonyl (C=O) groups is 2. The van der Waals surface area contributed by atoms with Gasteiger partial charge in [0.25, 0.3) is 0 Å².